The summed E-state index contributed by atoms with van der Waals surface area (Å²) in [5, 5.41) is 12.0. The lowest BCUT2D eigenvalue weighted by molar-refractivity contribution is -0.139. The smallest absolute Gasteiger partial charge is 0.320 e. The van der Waals surface area contributed by atoms with Gasteiger partial charge in [0.1, 0.15) is 6.04 Å². The van der Waals surface area contributed by atoms with Gasteiger partial charge in [-0.2, -0.15) is 0 Å². The number of hydrogen-bond donors (Lipinski definition) is 2. The highest BCUT2D eigenvalue weighted by atomic mass is 16.4. The summed E-state index contributed by atoms with van der Waals surface area (Å²) in [4.78, 5) is 10.7. The van der Waals surface area contributed by atoms with Crippen molar-refractivity contribution >= 4 is 5.97 Å². The van der Waals surface area contributed by atoms with Crippen LogP contribution in [0.2, 0.25) is 0 Å². The third-order valence-electron chi connectivity index (χ3n) is 2.52. The molecule has 2 N–H and O–H groups in total. The van der Waals surface area contributed by atoms with E-state index in [0.29, 0.717) is 6.04 Å². The molecule has 1 saturated heterocycles. The largest absolute Gasteiger partial charge is 0.480 e. The zero-order valence-electron chi connectivity index (χ0n) is 7.55. The molecular formula is C9H17NO2. The van der Waals surface area contributed by atoms with Gasteiger partial charge in [-0.25, -0.2) is 0 Å². The Morgan fingerprint density at radius 3 is 2.75 bits per heavy atom. The van der Waals surface area contributed by atoms with Gasteiger partial charge >= 0.3 is 5.97 Å². The van der Waals surface area contributed by atoms with Gasteiger partial charge in [0.15, 0.2) is 0 Å². The molecular weight excluding hydrogens is 154 g/mol. The molecule has 0 aromatic rings. The molecule has 3 nitrogen and oxygen atoms in total. The van der Waals surface area contributed by atoms with Gasteiger partial charge < -0.3 is 10.4 Å². The third-order valence-corrected chi connectivity index (χ3v) is 2.52. The van der Waals surface area contributed by atoms with Gasteiger partial charge in [-0.15, -0.1) is 0 Å². The highest BCUT2D eigenvalue weighted by Gasteiger charge is 2.22. The molecule has 0 radical (unpaired) electrons. The lowest BCUT2D eigenvalue weighted by Crippen LogP contribution is -2.41. The number of rotatable bonds is 2. The lowest BCUT2D eigenvalue weighted by atomic mass is 10.1. The average molecular weight is 171 g/mol. The van der Waals surface area contributed by atoms with Gasteiger partial charge in [0.25, 0.3) is 0 Å². The molecule has 1 heterocycles. The third kappa shape index (κ3) is 2.48. The molecule has 1 aliphatic rings. The van der Waals surface area contributed by atoms with Crippen molar-refractivity contribution in [3.05, 3.63) is 0 Å². The molecule has 1 rings (SSSR count). The summed E-state index contributed by atoms with van der Waals surface area (Å²) in [6.07, 6.45) is 5.14. The Hall–Kier alpha value is -0.570. The van der Waals surface area contributed by atoms with Gasteiger partial charge in [-0.1, -0.05) is 19.8 Å². The molecule has 0 unspecified atom stereocenters. The lowest BCUT2D eigenvalue weighted by Gasteiger charge is -2.17. The maximum atomic E-state index is 10.7. The van der Waals surface area contributed by atoms with Crippen molar-refractivity contribution in [3.8, 4) is 0 Å². The number of nitrogens with one attached hydrogen (secondary N) is 1. The first kappa shape index (κ1) is 9.52. The van der Waals surface area contributed by atoms with E-state index in [0.717, 1.165) is 32.1 Å². The second kappa shape index (κ2) is 4.45. The minimum Gasteiger partial charge on any atom is -0.480 e. The summed E-state index contributed by atoms with van der Waals surface area (Å²) in [6.45, 7) is 2.10. The van der Waals surface area contributed by atoms with Crippen LogP contribution in [0.1, 0.15) is 39.0 Å². The van der Waals surface area contributed by atoms with Crippen molar-refractivity contribution in [1.29, 1.82) is 0 Å². The van der Waals surface area contributed by atoms with Crippen molar-refractivity contribution in [2.24, 2.45) is 0 Å². The molecule has 3 heteroatoms. The van der Waals surface area contributed by atoms with Crippen molar-refractivity contribution in [1.82, 2.24) is 5.32 Å². The van der Waals surface area contributed by atoms with Crippen LogP contribution >= 0.6 is 0 Å². The van der Waals surface area contributed by atoms with Crippen LogP contribution in [0.5, 0.6) is 0 Å². The van der Waals surface area contributed by atoms with Gasteiger partial charge in [-0.05, 0) is 19.3 Å². The molecule has 1 aliphatic heterocycles. The Morgan fingerprint density at radius 2 is 2.17 bits per heavy atom. The maximum Gasteiger partial charge on any atom is 0.320 e. The summed E-state index contributed by atoms with van der Waals surface area (Å²) in [5.74, 6) is -0.699. The first-order chi connectivity index (χ1) is 5.74. The Kier molecular flexibility index (Phi) is 3.53. The number of aliphatic carboxylic acids is 1. The molecule has 0 amide bonds. The van der Waals surface area contributed by atoms with Crippen molar-refractivity contribution < 1.29 is 9.90 Å². The van der Waals surface area contributed by atoms with Crippen LogP contribution in [0.25, 0.3) is 0 Å². The van der Waals surface area contributed by atoms with Crippen molar-refractivity contribution in [2.75, 3.05) is 0 Å². The highest BCUT2D eigenvalue weighted by Crippen LogP contribution is 2.14. The molecule has 0 aliphatic carbocycles. The molecule has 12 heavy (non-hydrogen) atoms. The van der Waals surface area contributed by atoms with Crippen LogP contribution in [0.4, 0.5) is 0 Å². The van der Waals surface area contributed by atoms with Crippen molar-refractivity contribution in [3.63, 3.8) is 0 Å². The van der Waals surface area contributed by atoms with E-state index in [2.05, 4.69) is 12.2 Å². The highest BCUT2D eigenvalue weighted by molar-refractivity contribution is 5.73. The SMILES string of the molecule is CC[C@H]1CCCC[C@@H](C(=O)O)N1. The molecule has 0 saturated carbocycles. The molecule has 0 aromatic carbocycles. The minimum absolute atomic E-state index is 0.308. The van der Waals surface area contributed by atoms with Crippen LogP contribution in [-0.4, -0.2) is 23.2 Å². The van der Waals surface area contributed by atoms with Crippen LogP contribution in [0, 0.1) is 0 Å². The first-order valence-corrected chi connectivity index (χ1v) is 4.73. The predicted molar refractivity (Wildman–Crippen MR) is 47.1 cm³/mol. The van der Waals surface area contributed by atoms with E-state index in [1.54, 1.807) is 0 Å². The number of hydrogen-bond acceptors (Lipinski definition) is 2. The van der Waals surface area contributed by atoms with Crippen LogP contribution < -0.4 is 5.32 Å². The normalized spacial score (nSPS) is 31.1. The number of carboxylic acids is 1. The van der Waals surface area contributed by atoms with Crippen LogP contribution in [-0.2, 0) is 4.79 Å². The summed E-state index contributed by atoms with van der Waals surface area (Å²) in [7, 11) is 0. The standard InChI is InChI=1S/C9H17NO2/c1-2-7-5-3-4-6-8(10-7)9(11)12/h7-8,10H,2-6H2,1H3,(H,11,12)/t7-,8-/m0/s1. The second-order valence-corrected chi connectivity index (χ2v) is 3.45. The van der Waals surface area contributed by atoms with Gasteiger partial charge in [0.05, 0.1) is 0 Å². The van der Waals surface area contributed by atoms with Gasteiger partial charge in [-0.3, -0.25) is 4.79 Å². The molecule has 70 valence electrons. The van der Waals surface area contributed by atoms with Crippen LogP contribution in [0.3, 0.4) is 0 Å². The molecule has 1 fully saturated rings. The zero-order chi connectivity index (χ0) is 8.97. The summed E-state index contributed by atoms with van der Waals surface area (Å²) in [6, 6.07) is 0.103. The van der Waals surface area contributed by atoms with E-state index in [-0.39, 0.29) is 6.04 Å². The topological polar surface area (TPSA) is 49.3 Å². The van der Waals surface area contributed by atoms with Crippen LogP contribution in [0.15, 0.2) is 0 Å². The summed E-state index contributed by atoms with van der Waals surface area (Å²) < 4.78 is 0. The predicted octanol–water partition coefficient (Wildman–Crippen LogP) is 1.38. The second-order valence-electron chi connectivity index (χ2n) is 3.45. The minimum atomic E-state index is -0.699. The van der Waals surface area contributed by atoms with Gasteiger partial charge in [0.2, 0.25) is 0 Å². The van der Waals surface area contributed by atoms with E-state index < -0.39 is 5.97 Å². The molecule has 2 atom stereocenters. The maximum absolute atomic E-state index is 10.7. The van der Waals surface area contributed by atoms with E-state index >= 15 is 0 Å². The fourth-order valence-corrected chi connectivity index (χ4v) is 1.71. The number of carbonyl (C=O) groups is 1. The zero-order valence-corrected chi connectivity index (χ0v) is 7.55. The Labute approximate surface area is 73.2 Å². The fraction of sp³-hybridized carbons (Fsp3) is 0.889. The molecule has 0 aromatic heterocycles. The fourth-order valence-electron chi connectivity index (χ4n) is 1.71. The molecule has 0 spiro atoms. The summed E-state index contributed by atoms with van der Waals surface area (Å²) >= 11 is 0. The Bertz CT molecular complexity index is 159. The van der Waals surface area contributed by atoms with E-state index in [1.807, 2.05) is 0 Å². The quantitative estimate of drug-likeness (QED) is 0.660. The average Bonchev–Trinajstić information content (AvgIpc) is 2.28. The first-order valence-electron chi connectivity index (χ1n) is 4.73. The monoisotopic (exact) mass is 171 g/mol. The van der Waals surface area contributed by atoms with E-state index in [1.165, 1.54) is 0 Å². The Morgan fingerprint density at radius 1 is 1.50 bits per heavy atom. The van der Waals surface area contributed by atoms with Gasteiger partial charge in [0, 0.05) is 6.04 Å². The van der Waals surface area contributed by atoms with E-state index in [4.69, 9.17) is 5.11 Å². The molecule has 0 bridgehead atoms. The Balaban J connectivity index is 2.47. The number of carboxylic acid groups (broad SMARTS) is 1. The van der Waals surface area contributed by atoms with E-state index in [9.17, 15) is 4.79 Å². The van der Waals surface area contributed by atoms with Crippen molar-refractivity contribution in [2.45, 2.75) is 51.1 Å². The summed E-state index contributed by atoms with van der Waals surface area (Å²) in [5.41, 5.74) is 0.